The van der Waals surface area contributed by atoms with Crippen molar-refractivity contribution in [1.29, 1.82) is 0 Å². The maximum Gasteiger partial charge on any atom is 0.240 e. The largest absolute Gasteiger partial charge is 0.250 e. The van der Waals surface area contributed by atoms with E-state index < -0.39 is 10.0 Å². The van der Waals surface area contributed by atoms with Crippen molar-refractivity contribution in [1.82, 2.24) is 9.71 Å². The van der Waals surface area contributed by atoms with Gasteiger partial charge in [-0.15, -0.1) is 11.3 Å². The van der Waals surface area contributed by atoms with Crippen LogP contribution in [0.2, 0.25) is 0 Å². The van der Waals surface area contributed by atoms with Crippen molar-refractivity contribution in [3.05, 3.63) is 45.9 Å². The molecule has 0 saturated carbocycles. The molecule has 0 spiro atoms. The van der Waals surface area contributed by atoms with Gasteiger partial charge in [0, 0.05) is 24.5 Å². The number of benzene rings is 1. The quantitative estimate of drug-likeness (QED) is 0.920. The van der Waals surface area contributed by atoms with Gasteiger partial charge in [0.25, 0.3) is 0 Å². The summed E-state index contributed by atoms with van der Waals surface area (Å²) in [4.78, 5) is 4.53. The average Bonchev–Trinajstić information content (AvgIpc) is 3.00. The van der Waals surface area contributed by atoms with E-state index in [0.29, 0.717) is 17.9 Å². The lowest BCUT2D eigenvalue weighted by Gasteiger charge is -2.16. The first-order valence-corrected chi connectivity index (χ1v) is 9.51. The minimum atomic E-state index is -3.42. The van der Waals surface area contributed by atoms with Gasteiger partial charge in [-0.25, -0.2) is 18.1 Å². The van der Waals surface area contributed by atoms with Crippen LogP contribution >= 0.6 is 11.3 Å². The lowest BCUT2D eigenvalue weighted by Crippen LogP contribution is -2.26. The number of hydrogen-bond donors (Lipinski definition) is 1. The Morgan fingerprint density at radius 3 is 2.76 bits per heavy atom. The molecule has 1 N–H and O–H groups in total. The van der Waals surface area contributed by atoms with Crippen LogP contribution in [0.15, 0.2) is 34.7 Å². The molecule has 0 saturated heterocycles. The molecule has 0 bridgehead atoms. The van der Waals surface area contributed by atoms with Gasteiger partial charge in [-0.3, -0.25) is 0 Å². The van der Waals surface area contributed by atoms with Gasteiger partial charge in [0.15, 0.2) is 0 Å². The summed E-state index contributed by atoms with van der Waals surface area (Å²) >= 11 is 1.54. The van der Waals surface area contributed by atoms with Gasteiger partial charge >= 0.3 is 0 Å². The molecule has 6 heteroatoms. The zero-order valence-corrected chi connectivity index (χ0v) is 13.3. The van der Waals surface area contributed by atoms with E-state index in [2.05, 4.69) is 9.71 Å². The van der Waals surface area contributed by atoms with E-state index in [1.165, 1.54) is 17.5 Å². The fourth-order valence-electron chi connectivity index (χ4n) is 2.63. The maximum atomic E-state index is 12.3. The molecule has 21 heavy (non-hydrogen) atoms. The third kappa shape index (κ3) is 3.51. The fourth-order valence-corrected chi connectivity index (χ4v) is 4.33. The summed E-state index contributed by atoms with van der Waals surface area (Å²) in [5, 5.41) is 2.84. The van der Waals surface area contributed by atoms with Crippen molar-refractivity contribution in [2.75, 3.05) is 6.54 Å². The number of aromatic nitrogens is 1. The van der Waals surface area contributed by atoms with Crippen LogP contribution in [0.4, 0.5) is 0 Å². The number of thiazole rings is 1. The lowest BCUT2D eigenvalue weighted by molar-refractivity contribution is 0.581. The normalized spacial score (nSPS) is 14.9. The molecule has 3 rings (SSSR count). The van der Waals surface area contributed by atoms with Gasteiger partial charge in [0.05, 0.1) is 9.90 Å². The van der Waals surface area contributed by atoms with Crippen LogP contribution in [0.1, 0.15) is 29.0 Å². The average molecular weight is 322 g/mol. The van der Waals surface area contributed by atoms with Crippen LogP contribution in [-0.2, 0) is 29.3 Å². The SMILES string of the molecule is O=S(=O)(NCCc1nccs1)c1ccc2c(c1)CCCC2. The van der Waals surface area contributed by atoms with Gasteiger partial charge < -0.3 is 0 Å². The summed E-state index contributed by atoms with van der Waals surface area (Å²) in [6, 6.07) is 5.51. The number of aryl methyl sites for hydroxylation is 2. The molecule has 0 atom stereocenters. The van der Waals surface area contributed by atoms with E-state index in [1.807, 2.05) is 17.5 Å². The lowest BCUT2D eigenvalue weighted by atomic mass is 9.92. The molecule has 0 radical (unpaired) electrons. The summed E-state index contributed by atoms with van der Waals surface area (Å²) in [6.07, 6.45) is 6.75. The van der Waals surface area contributed by atoms with E-state index in [1.54, 1.807) is 23.6 Å². The van der Waals surface area contributed by atoms with Crippen molar-refractivity contribution in [3.8, 4) is 0 Å². The molecule has 1 aliphatic carbocycles. The van der Waals surface area contributed by atoms with Crippen molar-refractivity contribution in [3.63, 3.8) is 0 Å². The van der Waals surface area contributed by atoms with Gasteiger partial charge in [-0.05, 0) is 48.9 Å². The number of hydrogen-bond acceptors (Lipinski definition) is 4. The highest BCUT2D eigenvalue weighted by molar-refractivity contribution is 7.89. The highest BCUT2D eigenvalue weighted by Gasteiger charge is 2.17. The minimum absolute atomic E-state index is 0.377. The second kappa shape index (κ2) is 6.25. The Kier molecular flexibility index (Phi) is 4.37. The first-order valence-electron chi connectivity index (χ1n) is 7.15. The van der Waals surface area contributed by atoms with Crippen LogP contribution in [0, 0.1) is 0 Å². The molecule has 112 valence electrons. The summed E-state index contributed by atoms with van der Waals surface area (Å²) in [5.41, 5.74) is 2.48. The summed E-state index contributed by atoms with van der Waals surface area (Å²) in [7, 11) is -3.42. The summed E-state index contributed by atoms with van der Waals surface area (Å²) < 4.78 is 27.3. The first-order chi connectivity index (χ1) is 10.1. The Hall–Kier alpha value is -1.24. The molecule has 1 aromatic carbocycles. The highest BCUT2D eigenvalue weighted by atomic mass is 32.2. The molecular weight excluding hydrogens is 304 g/mol. The topological polar surface area (TPSA) is 59.1 Å². The number of rotatable bonds is 5. The Labute approximate surface area is 129 Å². The zero-order valence-electron chi connectivity index (χ0n) is 11.7. The van der Waals surface area contributed by atoms with Crippen LogP contribution in [-0.4, -0.2) is 19.9 Å². The van der Waals surface area contributed by atoms with E-state index in [-0.39, 0.29) is 0 Å². The molecule has 4 nitrogen and oxygen atoms in total. The Balaban J connectivity index is 1.69. The zero-order chi connectivity index (χ0) is 14.7. The standard InChI is InChI=1S/C15H18N2O2S2/c18-21(19,17-8-7-15-16-9-10-20-15)14-6-5-12-3-1-2-4-13(12)11-14/h5-6,9-11,17H,1-4,7-8H2. The molecule has 2 aromatic rings. The van der Waals surface area contributed by atoms with Crippen LogP contribution in [0.3, 0.4) is 0 Å². The first kappa shape index (κ1) is 14.7. The second-order valence-electron chi connectivity index (χ2n) is 5.21. The third-order valence-electron chi connectivity index (χ3n) is 3.74. The Bertz CT molecular complexity index is 709. The van der Waals surface area contributed by atoms with Crippen molar-refractivity contribution in [2.24, 2.45) is 0 Å². The maximum absolute atomic E-state index is 12.3. The number of sulfonamides is 1. The molecule has 0 amide bonds. The molecule has 0 unspecified atom stereocenters. The summed E-state index contributed by atoms with van der Waals surface area (Å²) in [5.74, 6) is 0. The predicted octanol–water partition coefficient (Wildman–Crippen LogP) is 2.54. The Morgan fingerprint density at radius 2 is 2.00 bits per heavy atom. The molecule has 1 aromatic heterocycles. The Morgan fingerprint density at radius 1 is 1.19 bits per heavy atom. The van der Waals surface area contributed by atoms with Crippen LogP contribution in [0.5, 0.6) is 0 Å². The van der Waals surface area contributed by atoms with Crippen LogP contribution < -0.4 is 4.72 Å². The molecule has 1 heterocycles. The van der Waals surface area contributed by atoms with E-state index in [9.17, 15) is 8.42 Å². The number of nitrogens with zero attached hydrogens (tertiary/aromatic N) is 1. The van der Waals surface area contributed by atoms with Crippen molar-refractivity contribution >= 4 is 21.4 Å². The van der Waals surface area contributed by atoms with E-state index in [4.69, 9.17) is 0 Å². The van der Waals surface area contributed by atoms with Gasteiger partial charge in [0.1, 0.15) is 0 Å². The minimum Gasteiger partial charge on any atom is -0.250 e. The molecule has 1 aliphatic rings. The summed E-state index contributed by atoms with van der Waals surface area (Å²) in [6.45, 7) is 0.382. The smallest absolute Gasteiger partial charge is 0.240 e. The highest BCUT2D eigenvalue weighted by Crippen LogP contribution is 2.24. The van der Waals surface area contributed by atoms with Gasteiger partial charge in [-0.2, -0.15) is 0 Å². The fraction of sp³-hybridized carbons (Fsp3) is 0.400. The monoisotopic (exact) mass is 322 g/mol. The van der Waals surface area contributed by atoms with Gasteiger partial charge in [-0.1, -0.05) is 6.07 Å². The second-order valence-corrected chi connectivity index (χ2v) is 7.96. The molecule has 0 aliphatic heterocycles. The third-order valence-corrected chi connectivity index (χ3v) is 6.04. The van der Waals surface area contributed by atoms with E-state index in [0.717, 1.165) is 24.3 Å². The number of fused-ring (bicyclic) bond motifs is 1. The number of nitrogens with one attached hydrogen (secondary N) is 1. The predicted molar refractivity (Wildman–Crippen MR) is 84.1 cm³/mol. The van der Waals surface area contributed by atoms with Crippen LogP contribution in [0.25, 0.3) is 0 Å². The van der Waals surface area contributed by atoms with Gasteiger partial charge in [0.2, 0.25) is 10.0 Å². The van der Waals surface area contributed by atoms with E-state index >= 15 is 0 Å². The van der Waals surface area contributed by atoms with Crippen molar-refractivity contribution in [2.45, 2.75) is 37.0 Å². The molecular formula is C15H18N2O2S2. The van der Waals surface area contributed by atoms with Crippen molar-refractivity contribution < 1.29 is 8.42 Å². The molecule has 0 fully saturated rings.